The van der Waals surface area contributed by atoms with E-state index in [4.69, 9.17) is 4.42 Å². The molecule has 1 aliphatic heterocycles. The molecule has 1 N–H and O–H groups in total. The van der Waals surface area contributed by atoms with Gasteiger partial charge in [-0.3, -0.25) is 0 Å². The highest BCUT2D eigenvalue weighted by Gasteiger charge is 2.39. The fourth-order valence-electron chi connectivity index (χ4n) is 10.4. The van der Waals surface area contributed by atoms with Crippen LogP contribution < -0.4 is 21.3 Å². The Hall–Kier alpha value is -6.46. The van der Waals surface area contributed by atoms with Crippen LogP contribution in [0.1, 0.15) is 83.6 Å². The first-order chi connectivity index (χ1) is 29.8. The highest BCUT2D eigenvalue weighted by molar-refractivity contribution is 6.73. The molecule has 2 aliphatic rings. The molecule has 0 fully saturated rings. The number of nitrogens with one attached hydrogen (secondary N) is 1. The molecule has 5 heteroatoms. The zero-order chi connectivity index (χ0) is 42.7. The molecule has 0 saturated carbocycles. The molecule has 11 rings (SSSR count). The SMILES string of the molecule is Cc1cc(-c2cc(N(c3ccccc3)c3ccccc3)ccc2Nc2ccc(C(C)(C)C)cc2)c2c3c1c1ccccc1n3-c1c(oc3cc4c(cc13)C(C)(C)CCC4(C)C)[B]2. The largest absolute Gasteiger partial charge is 0.469 e. The number of rotatable bonds is 6. The summed E-state index contributed by atoms with van der Waals surface area (Å²) in [6.07, 6.45) is 2.32. The van der Waals surface area contributed by atoms with Gasteiger partial charge in [0.1, 0.15) is 5.58 Å². The second-order valence-electron chi connectivity index (χ2n) is 20.0. The zero-order valence-corrected chi connectivity index (χ0v) is 37.2. The van der Waals surface area contributed by atoms with Crippen molar-refractivity contribution in [2.24, 2.45) is 0 Å². The van der Waals surface area contributed by atoms with Crippen molar-refractivity contribution in [3.63, 3.8) is 0 Å². The molecule has 9 aromatic rings. The van der Waals surface area contributed by atoms with E-state index in [9.17, 15) is 0 Å². The molecule has 1 aliphatic carbocycles. The Morgan fingerprint density at radius 2 is 1.27 bits per heavy atom. The van der Waals surface area contributed by atoms with E-state index in [0.717, 1.165) is 74.8 Å². The van der Waals surface area contributed by atoms with Crippen LogP contribution in [0.15, 0.2) is 150 Å². The Morgan fingerprint density at radius 3 is 1.94 bits per heavy atom. The fraction of sp³-hybridized carbons (Fsp3) is 0.228. The lowest BCUT2D eigenvalue weighted by Gasteiger charge is -2.41. The number of hydrogen-bond acceptors (Lipinski definition) is 3. The number of aromatic nitrogens is 1. The second kappa shape index (κ2) is 13.8. The monoisotopic (exact) mass is 806 g/mol. The summed E-state index contributed by atoms with van der Waals surface area (Å²) in [5.41, 5.74) is 19.8. The van der Waals surface area contributed by atoms with Gasteiger partial charge in [0.25, 0.3) is 0 Å². The average molecular weight is 807 g/mol. The van der Waals surface area contributed by atoms with E-state index in [0.29, 0.717) is 0 Å². The van der Waals surface area contributed by atoms with Crippen molar-refractivity contribution in [2.45, 2.75) is 84.5 Å². The summed E-state index contributed by atoms with van der Waals surface area (Å²) < 4.78 is 9.61. The summed E-state index contributed by atoms with van der Waals surface area (Å²) in [6.45, 7) is 18.7. The number of furan rings is 1. The molecule has 0 saturated heterocycles. The number of aryl methyl sites for hydroxylation is 1. The molecule has 0 amide bonds. The van der Waals surface area contributed by atoms with E-state index in [-0.39, 0.29) is 16.2 Å². The van der Waals surface area contributed by atoms with Gasteiger partial charge in [-0.1, -0.05) is 121 Å². The van der Waals surface area contributed by atoms with Crippen LogP contribution in [0.2, 0.25) is 0 Å². The number of hydrogen-bond donors (Lipinski definition) is 1. The number of nitrogens with zero attached hydrogens (tertiary/aromatic N) is 2. The molecule has 0 bridgehead atoms. The topological polar surface area (TPSA) is 33.3 Å². The van der Waals surface area contributed by atoms with Crippen molar-refractivity contribution < 1.29 is 4.42 Å². The van der Waals surface area contributed by atoms with E-state index in [2.05, 4.69) is 223 Å². The fourth-order valence-corrected chi connectivity index (χ4v) is 10.4. The Kier molecular flexibility index (Phi) is 8.55. The van der Waals surface area contributed by atoms with Crippen LogP contribution in [0, 0.1) is 6.92 Å². The third-order valence-electron chi connectivity index (χ3n) is 13.9. The van der Waals surface area contributed by atoms with Gasteiger partial charge in [-0.05, 0) is 142 Å². The van der Waals surface area contributed by atoms with Crippen LogP contribution >= 0.6 is 0 Å². The van der Waals surface area contributed by atoms with Crippen molar-refractivity contribution in [1.82, 2.24) is 4.57 Å². The Morgan fingerprint density at radius 1 is 0.645 bits per heavy atom. The first kappa shape index (κ1) is 38.5. The second-order valence-corrected chi connectivity index (χ2v) is 20.0. The highest BCUT2D eigenvalue weighted by atomic mass is 16.3. The minimum atomic E-state index is 0.0643. The molecule has 305 valence electrons. The van der Waals surface area contributed by atoms with E-state index in [1.165, 1.54) is 49.4 Å². The molecule has 7 aromatic carbocycles. The molecular formula is C57H53BN3O. The molecular weight excluding hydrogens is 753 g/mol. The zero-order valence-electron chi connectivity index (χ0n) is 37.2. The van der Waals surface area contributed by atoms with Gasteiger partial charge in [0.15, 0.2) is 0 Å². The number of anilines is 5. The first-order valence-electron chi connectivity index (χ1n) is 22.2. The molecule has 1 radical (unpaired) electrons. The van der Waals surface area contributed by atoms with Crippen LogP contribution in [0.25, 0.3) is 49.6 Å². The minimum Gasteiger partial charge on any atom is -0.469 e. The van der Waals surface area contributed by atoms with Crippen molar-refractivity contribution in [3.05, 3.63) is 168 Å². The lowest BCUT2D eigenvalue weighted by Crippen LogP contribution is -2.36. The predicted octanol–water partition coefficient (Wildman–Crippen LogP) is 14.3. The normalized spacial score (nSPS) is 15.0. The van der Waals surface area contributed by atoms with E-state index < -0.39 is 0 Å². The Labute approximate surface area is 366 Å². The Bertz CT molecular complexity index is 3180. The molecule has 0 unspecified atom stereocenters. The summed E-state index contributed by atoms with van der Waals surface area (Å²) in [5.74, 6) is 0. The van der Waals surface area contributed by atoms with E-state index >= 15 is 0 Å². The quantitative estimate of drug-likeness (QED) is 0.170. The van der Waals surface area contributed by atoms with Crippen LogP contribution in [0.3, 0.4) is 0 Å². The van der Waals surface area contributed by atoms with Gasteiger partial charge in [-0.25, -0.2) is 0 Å². The summed E-state index contributed by atoms with van der Waals surface area (Å²) >= 11 is 0. The van der Waals surface area contributed by atoms with Gasteiger partial charge in [0.2, 0.25) is 7.28 Å². The predicted molar refractivity (Wildman–Crippen MR) is 264 cm³/mol. The van der Waals surface area contributed by atoms with Crippen LogP contribution in [0.5, 0.6) is 0 Å². The molecule has 2 aromatic heterocycles. The summed E-state index contributed by atoms with van der Waals surface area (Å²) in [7, 11) is 2.33. The number of fused-ring (bicyclic) bond motifs is 8. The summed E-state index contributed by atoms with van der Waals surface area (Å²) in [4.78, 5) is 2.35. The van der Waals surface area contributed by atoms with Gasteiger partial charge in [-0.15, -0.1) is 0 Å². The van der Waals surface area contributed by atoms with Gasteiger partial charge >= 0.3 is 0 Å². The lowest BCUT2D eigenvalue weighted by atomic mass is 9.61. The third-order valence-corrected chi connectivity index (χ3v) is 13.9. The van der Waals surface area contributed by atoms with E-state index in [1.807, 2.05) is 0 Å². The molecule has 0 spiro atoms. The molecule has 62 heavy (non-hydrogen) atoms. The smallest absolute Gasteiger partial charge is 0.247 e. The average Bonchev–Trinajstić information content (AvgIpc) is 3.80. The Balaban J connectivity index is 1.18. The molecule has 0 atom stereocenters. The lowest BCUT2D eigenvalue weighted by molar-refractivity contribution is 0.332. The van der Waals surface area contributed by atoms with Gasteiger partial charge in [0.05, 0.1) is 16.9 Å². The van der Waals surface area contributed by atoms with Gasteiger partial charge < -0.3 is 19.2 Å². The van der Waals surface area contributed by atoms with Crippen molar-refractivity contribution >= 4 is 79.6 Å². The van der Waals surface area contributed by atoms with E-state index in [1.54, 1.807) is 0 Å². The standard InChI is InChI=1S/C57H53BN3O/c1-35-31-43(42-32-40(60(38-17-11-9-12-18-38)39-19-13-10-14-20-39)27-28-47(42)59-37-25-23-36(24-26-37)55(2,3)4)51-53-50(35)41-21-15-16-22-48(41)61(53)52-44-33-45-46(34-49(44)62-54(52)58-51)57(7,8)30-29-56(45,5)6/h9-28,31-34,59H,29-30H2,1-8H3. The highest BCUT2D eigenvalue weighted by Crippen LogP contribution is 2.49. The molecule has 4 nitrogen and oxygen atoms in total. The van der Waals surface area contributed by atoms with Crippen molar-refractivity contribution in [3.8, 4) is 16.8 Å². The molecule has 3 heterocycles. The summed E-state index contributed by atoms with van der Waals surface area (Å²) in [6, 6.07) is 53.3. The van der Waals surface area contributed by atoms with Crippen LogP contribution in [-0.2, 0) is 16.2 Å². The van der Waals surface area contributed by atoms with Crippen LogP contribution in [0.4, 0.5) is 28.4 Å². The van der Waals surface area contributed by atoms with Crippen molar-refractivity contribution in [2.75, 3.05) is 10.2 Å². The number of para-hydroxylation sites is 3. The minimum absolute atomic E-state index is 0.0643. The maximum atomic E-state index is 7.09. The van der Waals surface area contributed by atoms with Gasteiger partial charge in [0, 0.05) is 55.7 Å². The first-order valence-corrected chi connectivity index (χ1v) is 22.2. The summed E-state index contributed by atoms with van der Waals surface area (Å²) in [5, 5.41) is 7.62. The maximum Gasteiger partial charge on any atom is 0.247 e. The number of benzene rings is 7. The van der Waals surface area contributed by atoms with Crippen LogP contribution in [-0.4, -0.2) is 11.8 Å². The van der Waals surface area contributed by atoms with Gasteiger partial charge in [-0.2, -0.15) is 0 Å². The van der Waals surface area contributed by atoms with Crippen molar-refractivity contribution in [1.29, 1.82) is 0 Å². The maximum absolute atomic E-state index is 7.09. The third kappa shape index (κ3) is 6.03.